The van der Waals surface area contributed by atoms with E-state index in [4.69, 9.17) is 14.2 Å². The third-order valence-electron chi connectivity index (χ3n) is 7.08. The number of carbonyl (C=O) groups is 2. The molecule has 2 atom stereocenters. The lowest BCUT2D eigenvalue weighted by molar-refractivity contribution is -0.160. The van der Waals surface area contributed by atoms with E-state index in [0.29, 0.717) is 57.6 Å². The first kappa shape index (κ1) is 31.0. The lowest BCUT2D eigenvalue weighted by atomic mass is 9.83. The summed E-state index contributed by atoms with van der Waals surface area (Å²) in [7, 11) is 1.56. The van der Waals surface area contributed by atoms with Crippen molar-refractivity contribution in [3.05, 3.63) is 29.3 Å². The molecule has 3 rings (SSSR count). The summed E-state index contributed by atoms with van der Waals surface area (Å²) < 4.78 is 57.7. The molecule has 0 bridgehead atoms. The van der Waals surface area contributed by atoms with E-state index in [1.54, 1.807) is 18.1 Å². The lowest BCUT2D eigenvalue weighted by Crippen LogP contribution is -2.49. The van der Waals surface area contributed by atoms with Crippen LogP contribution >= 0.6 is 0 Å². The molecule has 2 aliphatic rings. The fraction of sp³-hybridized carbons (Fsp3) is 0.724. The van der Waals surface area contributed by atoms with Crippen LogP contribution in [-0.2, 0) is 25.2 Å². The Hall–Kier alpha value is -2.49. The monoisotopic (exact) mass is 556 g/mol. The van der Waals surface area contributed by atoms with Crippen molar-refractivity contribution in [2.24, 2.45) is 5.92 Å². The number of anilines is 1. The minimum atomic E-state index is -4.47. The molecule has 1 aromatic rings. The lowest BCUT2D eigenvalue weighted by Gasteiger charge is -2.41. The van der Waals surface area contributed by atoms with E-state index in [1.807, 2.05) is 46.4 Å². The third-order valence-corrected chi connectivity index (χ3v) is 7.08. The summed E-state index contributed by atoms with van der Waals surface area (Å²) in [6.07, 6.45) is -2.74. The van der Waals surface area contributed by atoms with Crippen molar-refractivity contribution < 1.29 is 37.0 Å². The molecule has 2 heterocycles. The van der Waals surface area contributed by atoms with Crippen molar-refractivity contribution in [1.29, 1.82) is 0 Å². The van der Waals surface area contributed by atoms with Crippen LogP contribution in [0.5, 0.6) is 0 Å². The summed E-state index contributed by atoms with van der Waals surface area (Å²) >= 11 is 0. The van der Waals surface area contributed by atoms with E-state index in [-0.39, 0.29) is 23.8 Å². The molecule has 39 heavy (non-hydrogen) atoms. The van der Waals surface area contributed by atoms with Crippen molar-refractivity contribution in [1.82, 2.24) is 4.90 Å². The number of carbonyl (C=O) groups excluding carboxylic acids is 2. The number of ether oxygens (including phenoxy) is 3. The highest BCUT2D eigenvalue weighted by atomic mass is 19.4. The molecule has 0 saturated carbocycles. The molecule has 0 spiro atoms. The summed E-state index contributed by atoms with van der Waals surface area (Å²) in [5.41, 5.74) is -0.564. The second kappa shape index (κ2) is 11.9. The topological polar surface area (TPSA) is 68.3 Å². The molecule has 0 aromatic heterocycles. The Morgan fingerprint density at radius 2 is 1.54 bits per heavy atom. The van der Waals surface area contributed by atoms with Gasteiger partial charge in [0.25, 0.3) is 0 Å². The standard InChI is InChI=1S/C29H43F3N2O5/c1-27(2,3)38-25(35)19-10-13-33(14-11-19)24-17-21(29(30,31)32)8-9-23(24)20-12-15-34(22(16-20)18-37-7)26(36)39-28(4,5)6/h8-9,17,19-20,22H,10-16,18H2,1-7H3/t20-,22+/m1/s1. The number of hydrogen-bond donors (Lipinski definition) is 0. The second-order valence-electron chi connectivity index (χ2n) is 12.6. The third kappa shape index (κ3) is 8.50. The molecule has 1 aromatic carbocycles. The van der Waals surface area contributed by atoms with Gasteiger partial charge in [-0.25, -0.2) is 4.79 Å². The fourth-order valence-electron chi connectivity index (χ4n) is 5.33. The van der Waals surface area contributed by atoms with Crippen LogP contribution in [0.25, 0.3) is 0 Å². The Morgan fingerprint density at radius 1 is 0.923 bits per heavy atom. The number of hydrogen-bond acceptors (Lipinski definition) is 6. The first-order chi connectivity index (χ1) is 18.0. The van der Waals surface area contributed by atoms with E-state index in [9.17, 15) is 22.8 Å². The van der Waals surface area contributed by atoms with Crippen LogP contribution in [0.4, 0.5) is 23.7 Å². The van der Waals surface area contributed by atoms with Crippen LogP contribution in [0.3, 0.4) is 0 Å². The maximum Gasteiger partial charge on any atom is 0.416 e. The number of nitrogens with zero attached hydrogens (tertiary/aromatic N) is 2. The Bertz CT molecular complexity index is 1010. The van der Waals surface area contributed by atoms with Gasteiger partial charge in [-0.15, -0.1) is 0 Å². The predicted octanol–water partition coefficient (Wildman–Crippen LogP) is 6.39. The maximum atomic E-state index is 13.7. The number of alkyl halides is 3. The van der Waals surface area contributed by atoms with Crippen LogP contribution in [0.1, 0.15) is 84.3 Å². The zero-order chi connectivity index (χ0) is 29.2. The average Bonchev–Trinajstić information content (AvgIpc) is 2.81. The van der Waals surface area contributed by atoms with Crippen LogP contribution in [0.2, 0.25) is 0 Å². The average molecular weight is 557 g/mol. The number of likely N-dealkylation sites (tertiary alicyclic amines) is 1. The van der Waals surface area contributed by atoms with Crippen LogP contribution in [-0.4, -0.2) is 67.6 Å². The number of halogens is 3. The zero-order valence-corrected chi connectivity index (χ0v) is 24.2. The molecule has 2 aliphatic heterocycles. The van der Waals surface area contributed by atoms with Crippen LogP contribution in [0.15, 0.2) is 18.2 Å². The molecule has 7 nitrogen and oxygen atoms in total. The van der Waals surface area contributed by atoms with Gasteiger partial charge < -0.3 is 24.0 Å². The smallest absolute Gasteiger partial charge is 0.416 e. The van der Waals surface area contributed by atoms with Crippen LogP contribution < -0.4 is 4.90 Å². The molecule has 0 aliphatic carbocycles. The van der Waals surface area contributed by atoms with E-state index in [0.717, 1.165) is 11.6 Å². The number of esters is 1. The normalized spacial score (nSPS) is 21.6. The van der Waals surface area contributed by atoms with Gasteiger partial charge in [0.1, 0.15) is 11.2 Å². The molecule has 0 unspecified atom stereocenters. The van der Waals surface area contributed by atoms with E-state index >= 15 is 0 Å². The molecule has 2 saturated heterocycles. The number of rotatable bonds is 5. The molecule has 10 heteroatoms. The Morgan fingerprint density at radius 3 is 2.08 bits per heavy atom. The van der Waals surface area contributed by atoms with E-state index in [2.05, 4.69) is 0 Å². The summed E-state index contributed by atoms with van der Waals surface area (Å²) in [6.45, 7) is 12.5. The number of amides is 1. The molecule has 0 radical (unpaired) electrons. The van der Waals surface area contributed by atoms with Gasteiger partial charge in [-0.05, 0) is 90.8 Å². The van der Waals surface area contributed by atoms with Gasteiger partial charge in [0.15, 0.2) is 0 Å². The molecular weight excluding hydrogens is 513 g/mol. The van der Waals surface area contributed by atoms with Gasteiger partial charge >= 0.3 is 18.2 Å². The van der Waals surface area contributed by atoms with E-state index in [1.165, 1.54) is 6.07 Å². The summed E-state index contributed by atoms with van der Waals surface area (Å²) in [6, 6.07) is 3.68. The Kier molecular flexibility index (Phi) is 9.51. The molecule has 2 fully saturated rings. The predicted molar refractivity (Wildman–Crippen MR) is 143 cm³/mol. The number of benzene rings is 1. The minimum absolute atomic E-state index is 0.0651. The van der Waals surface area contributed by atoms with Gasteiger partial charge in [-0.2, -0.15) is 13.2 Å². The highest BCUT2D eigenvalue weighted by Crippen LogP contribution is 2.42. The van der Waals surface area contributed by atoms with Crippen molar-refractivity contribution >= 4 is 17.7 Å². The molecular formula is C29H43F3N2O5. The fourth-order valence-corrected chi connectivity index (χ4v) is 5.33. The van der Waals surface area contributed by atoms with Crippen molar-refractivity contribution in [2.75, 3.05) is 38.3 Å². The zero-order valence-electron chi connectivity index (χ0n) is 24.2. The largest absolute Gasteiger partial charge is 0.460 e. The highest BCUT2D eigenvalue weighted by molar-refractivity contribution is 5.73. The van der Waals surface area contributed by atoms with Gasteiger partial charge in [-0.3, -0.25) is 4.79 Å². The minimum Gasteiger partial charge on any atom is -0.460 e. The van der Waals surface area contributed by atoms with Crippen LogP contribution in [0, 0.1) is 5.92 Å². The van der Waals surface area contributed by atoms with Crippen molar-refractivity contribution in [2.45, 2.75) is 96.6 Å². The van der Waals surface area contributed by atoms with Gasteiger partial charge in [-0.1, -0.05) is 6.07 Å². The summed E-state index contributed by atoms with van der Waals surface area (Å²) in [4.78, 5) is 29.1. The SMILES string of the molecule is COC[C@@H]1C[C@H](c2ccc(C(F)(F)F)cc2N2CCC(C(=O)OC(C)(C)C)CC2)CCN1C(=O)OC(C)(C)C. The quantitative estimate of drug-likeness (QED) is 0.392. The van der Waals surface area contributed by atoms with Crippen molar-refractivity contribution in [3.63, 3.8) is 0 Å². The Balaban J connectivity index is 1.84. The second-order valence-corrected chi connectivity index (χ2v) is 12.6. The highest BCUT2D eigenvalue weighted by Gasteiger charge is 2.38. The molecule has 220 valence electrons. The summed E-state index contributed by atoms with van der Waals surface area (Å²) in [5, 5.41) is 0. The maximum absolute atomic E-state index is 13.7. The molecule has 1 amide bonds. The number of piperidine rings is 2. The molecule has 0 N–H and O–H groups in total. The first-order valence-corrected chi connectivity index (χ1v) is 13.7. The van der Waals surface area contributed by atoms with Gasteiger partial charge in [0.2, 0.25) is 0 Å². The first-order valence-electron chi connectivity index (χ1n) is 13.7. The van der Waals surface area contributed by atoms with Gasteiger partial charge in [0.05, 0.1) is 24.1 Å². The number of methoxy groups -OCH3 is 1. The van der Waals surface area contributed by atoms with E-state index < -0.39 is 29.0 Å². The Labute approximate surface area is 229 Å². The summed E-state index contributed by atoms with van der Waals surface area (Å²) in [5.74, 6) is -0.606. The van der Waals surface area contributed by atoms with Crippen molar-refractivity contribution in [3.8, 4) is 0 Å². The van der Waals surface area contributed by atoms with Gasteiger partial charge in [0, 0.05) is 32.4 Å².